The Morgan fingerprint density at radius 2 is 1.89 bits per heavy atom. The molecule has 1 aliphatic carbocycles. The zero-order valence-corrected chi connectivity index (χ0v) is 11.8. The first-order valence-electron chi connectivity index (χ1n) is 7.58. The molecule has 104 valence electrons. The highest BCUT2D eigenvalue weighted by molar-refractivity contribution is 5.48. The molecule has 4 heteroatoms. The van der Waals surface area contributed by atoms with Gasteiger partial charge in [0.2, 0.25) is 0 Å². The van der Waals surface area contributed by atoms with Gasteiger partial charge in [-0.2, -0.15) is 0 Å². The van der Waals surface area contributed by atoms with E-state index in [0.717, 1.165) is 44.6 Å². The third-order valence-electron chi connectivity index (χ3n) is 4.50. The number of nitrogens with one attached hydrogen (secondary N) is 2. The van der Waals surface area contributed by atoms with Crippen LogP contribution in [-0.2, 0) is 12.8 Å². The molecule has 0 unspecified atom stereocenters. The van der Waals surface area contributed by atoms with E-state index in [1.807, 2.05) is 0 Å². The summed E-state index contributed by atoms with van der Waals surface area (Å²) in [5, 5.41) is 7.15. The van der Waals surface area contributed by atoms with Gasteiger partial charge in [0.1, 0.15) is 12.1 Å². The Morgan fingerprint density at radius 3 is 2.74 bits per heavy atom. The smallest absolute Gasteiger partial charge is 0.133 e. The van der Waals surface area contributed by atoms with Crippen LogP contribution in [0.25, 0.3) is 0 Å². The average molecular weight is 260 g/mol. The van der Waals surface area contributed by atoms with Crippen molar-refractivity contribution in [3.05, 3.63) is 17.6 Å². The van der Waals surface area contributed by atoms with Gasteiger partial charge >= 0.3 is 0 Å². The first kappa shape index (κ1) is 12.9. The van der Waals surface area contributed by atoms with E-state index >= 15 is 0 Å². The lowest BCUT2D eigenvalue weighted by atomic mass is 9.90. The molecule has 1 aliphatic heterocycles. The third kappa shape index (κ3) is 2.89. The molecular weight excluding hydrogens is 236 g/mol. The molecule has 2 N–H and O–H groups in total. The van der Waals surface area contributed by atoms with Gasteiger partial charge in [0, 0.05) is 16.8 Å². The Morgan fingerprint density at radius 1 is 1.11 bits per heavy atom. The summed E-state index contributed by atoms with van der Waals surface area (Å²) in [5.41, 5.74) is 2.83. The SMILES string of the molecule is CC1(Nc2ncnc3c2CCCCC3)CCNCC1. The summed E-state index contributed by atoms with van der Waals surface area (Å²) < 4.78 is 0. The lowest BCUT2D eigenvalue weighted by Crippen LogP contribution is -2.45. The van der Waals surface area contributed by atoms with Crippen LogP contribution < -0.4 is 10.6 Å². The molecule has 0 radical (unpaired) electrons. The predicted octanol–water partition coefficient (Wildman–Crippen LogP) is 2.30. The number of fused-ring (bicyclic) bond motifs is 1. The zero-order chi connectivity index (χ0) is 13.1. The molecule has 0 spiro atoms. The highest BCUT2D eigenvalue weighted by Crippen LogP contribution is 2.28. The summed E-state index contributed by atoms with van der Waals surface area (Å²) in [6.07, 6.45) is 10.2. The van der Waals surface area contributed by atoms with Crippen LogP contribution >= 0.6 is 0 Å². The third-order valence-corrected chi connectivity index (χ3v) is 4.50. The lowest BCUT2D eigenvalue weighted by molar-refractivity contribution is 0.364. The summed E-state index contributed by atoms with van der Waals surface area (Å²) in [6.45, 7) is 4.51. The standard InChI is InChI=1S/C15H24N4/c1-15(7-9-16-10-8-15)19-14-12-5-3-2-4-6-13(12)17-11-18-14/h11,16H,2-10H2,1H3,(H,17,18,19). The van der Waals surface area contributed by atoms with Crippen molar-refractivity contribution in [1.29, 1.82) is 0 Å². The number of aryl methyl sites for hydroxylation is 1. The van der Waals surface area contributed by atoms with Gasteiger partial charge in [-0.25, -0.2) is 9.97 Å². The number of aromatic nitrogens is 2. The first-order chi connectivity index (χ1) is 9.27. The van der Waals surface area contributed by atoms with Gasteiger partial charge in [0.25, 0.3) is 0 Å². The van der Waals surface area contributed by atoms with Crippen molar-refractivity contribution in [3.8, 4) is 0 Å². The summed E-state index contributed by atoms with van der Waals surface area (Å²) in [7, 11) is 0. The molecule has 0 aromatic carbocycles. The Labute approximate surface area is 115 Å². The van der Waals surface area contributed by atoms with Crippen molar-refractivity contribution in [3.63, 3.8) is 0 Å². The highest BCUT2D eigenvalue weighted by Gasteiger charge is 2.28. The van der Waals surface area contributed by atoms with Gasteiger partial charge in [0.05, 0.1) is 0 Å². The van der Waals surface area contributed by atoms with E-state index in [9.17, 15) is 0 Å². The van der Waals surface area contributed by atoms with Crippen LogP contribution in [0.2, 0.25) is 0 Å². The monoisotopic (exact) mass is 260 g/mol. The maximum absolute atomic E-state index is 4.53. The van der Waals surface area contributed by atoms with Crippen LogP contribution in [0.5, 0.6) is 0 Å². The van der Waals surface area contributed by atoms with Crippen molar-refractivity contribution in [2.24, 2.45) is 0 Å². The van der Waals surface area contributed by atoms with E-state index < -0.39 is 0 Å². The molecule has 0 bridgehead atoms. The van der Waals surface area contributed by atoms with Gasteiger partial charge in [-0.3, -0.25) is 0 Å². The molecule has 1 fully saturated rings. The van der Waals surface area contributed by atoms with E-state index in [-0.39, 0.29) is 5.54 Å². The topological polar surface area (TPSA) is 49.8 Å². The Bertz CT molecular complexity index is 438. The van der Waals surface area contributed by atoms with Crippen molar-refractivity contribution in [1.82, 2.24) is 15.3 Å². The van der Waals surface area contributed by atoms with Crippen LogP contribution in [0.3, 0.4) is 0 Å². The van der Waals surface area contributed by atoms with E-state index in [1.165, 1.54) is 30.5 Å². The number of anilines is 1. The fourth-order valence-electron chi connectivity index (χ4n) is 3.20. The molecule has 1 aromatic rings. The fraction of sp³-hybridized carbons (Fsp3) is 0.733. The summed E-state index contributed by atoms with van der Waals surface area (Å²) in [4.78, 5) is 9.02. The summed E-state index contributed by atoms with van der Waals surface area (Å²) in [5.74, 6) is 1.09. The molecule has 2 heterocycles. The second-order valence-corrected chi connectivity index (χ2v) is 6.14. The normalized spacial score (nSPS) is 22.4. The van der Waals surface area contributed by atoms with Crippen molar-refractivity contribution in [2.75, 3.05) is 18.4 Å². The second-order valence-electron chi connectivity index (χ2n) is 6.14. The van der Waals surface area contributed by atoms with Gasteiger partial charge < -0.3 is 10.6 Å². The lowest BCUT2D eigenvalue weighted by Gasteiger charge is -2.36. The summed E-state index contributed by atoms with van der Waals surface area (Å²) in [6, 6.07) is 0. The number of nitrogens with zero attached hydrogens (tertiary/aromatic N) is 2. The van der Waals surface area contributed by atoms with Crippen LogP contribution in [0.15, 0.2) is 6.33 Å². The van der Waals surface area contributed by atoms with Gasteiger partial charge in [0.15, 0.2) is 0 Å². The highest BCUT2D eigenvalue weighted by atomic mass is 15.1. The Hall–Kier alpha value is -1.16. The van der Waals surface area contributed by atoms with Gasteiger partial charge in [-0.1, -0.05) is 6.42 Å². The number of hydrogen-bond acceptors (Lipinski definition) is 4. The van der Waals surface area contributed by atoms with Crippen LogP contribution in [0, 0.1) is 0 Å². The Balaban J connectivity index is 1.84. The molecule has 1 saturated heterocycles. The van der Waals surface area contributed by atoms with E-state index in [0.29, 0.717) is 0 Å². The molecule has 1 aromatic heterocycles. The molecule has 0 amide bonds. The zero-order valence-electron chi connectivity index (χ0n) is 11.8. The molecule has 0 saturated carbocycles. The van der Waals surface area contributed by atoms with Crippen molar-refractivity contribution < 1.29 is 0 Å². The van der Waals surface area contributed by atoms with E-state index in [1.54, 1.807) is 6.33 Å². The Kier molecular flexibility index (Phi) is 3.69. The van der Waals surface area contributed by atoms with Crippen molar-refractivity contribution in [2.45, 2.75) is 57.4 Å². The largest absolute Gasteiger partial charge is 0.364 e. The molecule has 19 heavy (non-hydrogen) atoms. The molecule has 3 rings (SSSR count). The van der Waals surface area contributed by atoms with Crippen molar-refractivity contribution >= 4 is 5.82 Å². The minimum absolute atomic E-state index is 0.180. The number of rotatable bonds is 2. The van der Waals surface area contributed by atoms with Crippen LogP contribution in [0.4, 0.5) is 5.82 Å². The first-order valence-corrected chi connectivity index (χ1v) is 7.58. The predicted molar refractivity (Wildman–Crippen MR) is 77.4 cm³/mol. The maximum atomic E-state index is 4.53. The molecular formula is C15H24N4. The van der Waals surface area contributed by atoms with Gasteiger partial charge in [-0.15, -0.1) is 0 Å². The summed E-state index contributed by atoms with van der Waals surface area (Å²) >= 11 is 0. The van der Waals surface area contributed by atoms with Crippen LogP contribution in [-0.4, -0.2) is 28.6 Å². The van der Waals surface area contributed by atoms with E-state index in [2.05, 4.69) is 27.5 Å². The quantitative estimate of drug-likeness (QED) is 0.801. The van der Waals surface area contributed by atoms with Crippen LogP contribution in [0.1, 0.15) is 50.3 Å². The minimum Gasteiger partial charge on any atom is -0.364 e. The minimum atomic E-state index is 0.180. The fourth-order valence-corrected chi connectivity index (χ4v) is 3.20. The van der Waals surface area contributed by atoms with Gasteiger partial charge in [-0.05, 0) is 58.5 Å². The van der Waals surface area contributed by atoms with E-state index in [4.69, 9.17) is 0 Å². The number of hydrogen-bond donors (Lipinski definition) is 2. The second kappa shape index (κ2) is 5.45. The average Bonchev–Trinajstić information content (AvgIpc) is 2.65. The number of piperidine rings is 1. The molecule has 2 aliphatic rings. The molecule has 0 atom stereocenters. The molecule has 4 nitrogen and oxygen atoms in total. The maximum Gasteiger partial charge on any atom is 0.133 e.